The first kappa shape index (κ1) is 24.6. The smallest absolute Gasteiger partial charge is 0.227 e. The number of likely N-dealkylation sites (tertiary alicyclic amines) is 1. The van der Waals surface area contributed by atoms with Crippen molar-refractivity contribution in [2.24, 2.45) is 4.99 Å². The predicted octanol–water partition coefficient (Wildman–Crippen LogP) is 2.77. The number of rotatable bonds is 8. The van der Waals surface area contributed by atoms with E-state index in [0.29, 0.717) is 24.8 Å². The third-order valence-corrected chi connectivity index (χ3v) is 4.88. The molecule has 1 saturated heterocycles. The highest BCUT2D eigenvalue weighted by atomic mass is 127. The summed E-state index contributed by atoms with van der Waals surface area (Å²) in [6.45, 7) is 7.97. The highest BCUT2D eigenvalue weighted by Gasteiger charge is 2.17. The van der Waals surface area contributed by atoms with Crippen LogP contribution in [0.5, 0.6) is 0 Å². The van der Waals surface area contributed by atoms with Gasteiger partial charge in [0.15, 0.2) is 5.96 Å². The molecule has 1 aromatic heterocycles. The van der Waals surface area contributed by atoms with Gasteiger partial charge in [-0.2, -0.15) is 0 Å². The molecule has 0 radical (unpaired) electrons. The molecule has 1 fully saturated rings. The van der Waals surface area contributed by atoms with E-state index in [4.69, 9.17) is 0 Å². The lowest BCUT2D eigenvalue weighted by Crippen LogP contribution is -2.41. The van der Waals surface area contributed by atoms with Crippen molar-refractivity contribution in [3.8, 4) is 0 Å². The maximum Gasteiger partial charge on any atom is 0.227 e. The Morgan fingerprint density at radius 2 is 2.07 bits per heavy atom. The van der Waals surface area contributed by atoms with Crippen LogP contribution < -0.4 is 16.0 Å². The van der Waals surface area contributed by atoms with Gasteiger partial charge in [-0.15, -0.1) is 24.0 Å². The van der Waals surface area contributed by atoms with Gasteiger partial charge in [-0.05, 0) is 51.8 Å². The van der Waals surface area contributed by atoms with Crippen LogP contribution in [0.15, 0.2) is 23.2 Å². The number of hydrogen-bond donors (Lipinski definition) is 3. The van der Waals surface area contributed by atoms with Crippen molar-refractivity contribution in [1.82, 2.24) is 20.5 Å². The van der Waals surface area contributed by atoms with E-state index in [2.05, 4.69) is 37.8 Å². The molecule has 1 amide bonds. The largest absolute Gasteiger partial charge is 0.356 e. The quantitative estimate of drug-likeness (QED) is 0.221. The molecule has 1 aliphatic rings. The van der Waals surface area contributed by atoms with E-state index in [1.165, 1.54) is 25.8 Å². The zero-order valence-electron chi connectivity index (χ0n) is 17.3. The lowest BCUT2D eigenvalue weighted by atomic mass is 10.0. The molecule has 0 saturated carbocycles. The van der Waals surface area contributed by atoms with Crippen molar-refractivity contribution in [3.05, 3.63) is 23.9 Å². The lowest BCUT2D eigenvalue weighted by molar-refractivity contribution is -0.116. The Balaban J connectivity index is 0.00000392. The van der Waals surface area contributed by atoms with Crippen molar-refractivity contribution < 1.29 is 4.79 Å². The van der Waals surface area contributed by atoms with Crippen molar-refractivity contribution >= 4 is 41.7 Å². The molecule has 0 aromatic carbocycles. The third-order valence-electron chi connectivity index (χ3n) is 4.88. The highest BCUT2D eigenvalue weighted by molar-refractivity contribution is 14.0. The minimum absolute atomic E-state index is 0. The Morgan fingerprint density at radius 3 is 2.79 bits per heavy atom. The summed E-state index contributed by atoms with van der Waals surface area (Å²) in [5.74, 6) is 1.27. The molecule has 0 aliphatic carbocycles. The van der Waals surface area contributed by atoms with E-state index in [1.54, 1.807) is 13.1 Å². The number of aliphatic imine (C=N–C) groups is 1. The van der Waals surface area contributed by atoms with Gasteiger partial charge in [0.2, 0.25) is 5.91 Å². The maximum atomic E-state index is 12.0. The van der Waals surface area contributed by atoms with Gasteiger partial charge in [0.25, 0.3) is 0 Å². The van der Waals surface area contributed by atoms with Gasteiger partial charge < -0.3 is 20.9 Å². The van der Waals surface area contributed by atoms with Crippen LogP contribution >= 0.6 is 24.0 Å². The summed E-state index contributed by atoms with van der Waals surface area (Å²) >= 11 is 0. The number of carbonyl (C=O) groups excluding carboxylic acids is 1. The molecular weight excluding hydrogens is 467 g/mol. The van der Waals surface area contributed by atoms with Crippen LogP contribution in [0, 0.1) is 6.92 Å². The van der Waals surface area contributed by atoms with Crippen molar-refractivity contribution in [2.45, 2.75) is 52.0 Å². The number of amides is 1. The monoisotopic (exact) mass is 502 g/mol. The van der Waals surface area contributed by atoms with Gasteiger partial charge in [0.05, 0.1) is 0 Å². The van der Waals surface area contributed by atoms with E-state index in [1.807, 2.05) is 19.1 Å². The summed E-state index contributed by atoms with van der Waals surface area (Å²) in [6, 6.07) is 6.28. The summed E-state index contributed by atoms with van der Waals surface area (Å²) in [7, 11) is 1.75. The number of piperidine rings is 1. The van der Waals surface area contributed by atoms with Crippen LogP contribution in [-0.2, 0) is 4.79 Å². The van der Waals surface area contributed by atoms with Crippen LogP contribution in [0.3, 0.4) is 0 Å². The lowest BCUT2D eigenvalue weighted by Gasteiger charge is -2.33. The van der Waals surface area contributed by atoms with Gasteiger partial charge in [-0.1, -0.05) is 12.5 Å². The van der Waals surface area contributed by atoms with E-state index in [9.17, 15) is 4.79 Å². The first-order valence-corrected chi connectivity index (χ1v) is 10.0. The van der Waals surface area contributed by atoms with Crippen LogP contribution in [0.2, 0.25) is 0 Å². The zero-order valence-corrected chi connectivity index (χ0v) is 19.7. The number of pyridine rings is 1. The molecular formula is C20H35IN6O. The van der Waals surface area contributed by atoms with Crippen LogP contribution in [-0.4, -0.2) is 61.0 Å². The van der Waals surface area contributed by atoms with Gasteiger partial charge in [-0.25, -0.2) is 4.98 Å². The molecule has 2 rings (SSSR count). The minimum atomic E-state index is -0.0601. The van der Waals surface area contributed by atoms with Crippen LogP contribution in [0.25, 0.3) is 0 Å². The minimum Gasteiger partial charge on any atom is -0.356 e. The Kier molecular flexibility index (Phi) is 12.1. The Labute approximate surface area is 186 Å². The molecule has 0 bridgehead atoms. The number of anilines is 1. The second-order valence-corrected chi connectivity index (χ2v) is 7.12. The number of hydrogen-bond acceptors (Lipinski definition) is 4. The van der Waals surface area contributed by atoms with Crippen LogP contribution in [0.4, 0.5) is 5.82 Å². The first-order valence-electron chi connectivity index (χ1n) is 10.0. The molecule has 158 valence electrons. The molecule has 1 aromatic rings. The molecule has 1 unspecified atom stereocenters. The highest BCUT2D eigenvalue weighted by Crippen LogP contribution is 2.16. The molecule has 0 spiro atoms. The number of nitrogens with one attached hydrogen (secondary N) is 3. The normalized spacial score (nSPS) is 17.5. The van der Waals surface area contributed by atoms with Gasteiger partial charge >= 0.3 is 0 Å². The van der Waals surface area contributed by atoms with E-state index < -0.39 is 0 Å². The van der Waals surface area contributed by atoms with Crippen LogP contribution in [0.1, 0.15) is 44.7 Å². The van der Waals surface area contributed by atoms with Gasteiger partial charge in [0, 0.05) is 44.8 Å². The average molecular weight is 502 g/mol. The molecule has 8 heteroatoms. The molecule has 1 aliphatic heterocycles. The van der Waals surface area contributed by atoms with E-state index >= 15 is 0 Å². The fourth-order valence-corrected chi connectivity index (χ4v) is 3.31. The molecule has 7 nitrogen and oxygen atoms in total. The van der Waals surface area contributed by atoms with Gasteiger partial charge in [0.1, 0.15) is 5.82 Å². The predicted molar refractivity (Wildman–Crippen MR) is 127 cm³/mol. The summed E-state index contributed by atoms with van der Waals surface area (Å²) in [5, 5.41) is 9.32. The molecule has 28 heavy (non-hydrogen) atoms. The van der Waals surface area contributed by atoms with Crippen molar-refractivity contribution in [2.75, 3.05) is 38.5 Å². The van der Waals surface area contributed by atoms with E-state index in [-0.39, 0.29) is 29.9 Å². The second-order valence-electron chi connectivity index (χ2n) is 7.12. The number of aryl methyl sites for hydroxylation is 1. The first-order chi connectivity index (χ1) is 13.1. The van der Waals surface area contributed by atoms with E-state index in [0.717, 1.165) is 31.2 Å². The third kappa shape index (κ3) is 9.18. The topological polar surface area (TPSA) is 81.7 Å². The number of guanidine groups is 1. The SMILES string of the molecule is CN=C(NCCCN1CCCCC1C)NCCC(=O)Nc1cccc(C)n1.I. The number of aromatic nitrogens is 1. The maximum absolute atomic E-state index is 12.0. The van der Waals surface area contributed by atoms with Crippen molar-refractivity contribution in [3.63, 3.8) is 0 Å². The fourth-order valence-electron chi connectivity index (χ4n) is 3.31. The standard InChI is InChI=1S/C20H34N6O.HI/c1-16-8-6-10-18(24-16)25-19(27)11-13-23-20(21-3)22-12-7-15-26-14-5-4-9-17(26)2;/h6,8,10,17H,4-5,7,9,11-15H2,1-3H3,(H2,21,22,23)(H,24,25,27);1H. The zero-order chi connectivity index (χ0) is 19.5. The number of carbonyl (C=O) groups is 1. The summed E-state index contributed by atoms with van der Waals surface area (Å²) in [5.41, 5.74) is 0.884. The summed E-state index contributed by atoms with van der Waals surface area (Å²) in [4.78, 5) is 23.1. The molecule has 3 N–H and O–H groups in total. The Morgan fingerprint density at radius 1 is 1.29 bits per heavy atom. The second kappa shape index (κ2) is 13.7. The molecule has 1 atom stereocenters. The molecule has 2 heterocycles. The van der Waals surface area contributed by atoms with Gasteiger partial charge in [-0.3, -0.25) is 9.79 Å². The fraction of sp³-hybridized carbons (Fsp3) is 0.650. The van der Waals surface area contributed by atoms with Crippen molar-refractivity contribution in [1.29, 1.82) is 0 Å². The Hall–Kier alpha value is -1.42. The average Bonchev–Trinajstić information content (AvgIpc) is 2.65. The Bertz CT molecular complexity index is 624. The number of nitrogens with zero attached hydrogens (tertiary/aromatic N) is 3. The summed E-state index contributed by atoms with van der Waals surface area (Å²) < 4.78 is 0. The summed E-state index contributed by atoms with van der Waals surface area (Å²) in [6.07, 6.45) is 5.45. The number of halogens is 1.